The first-order valence-electron chi connectivity index (χ1n) is 8.52. The summed E-state index contributed by atoms with van der Waals surface area (Å²) in [6.07, 6.45) is 0. The molecule has 7 heteroatoms. The van der Waals surface area contributed by atoms with Gasteiger partial charge in [0.15, 0.2) is 0 Å². The summed E-state index contributed by atoms with van der Waals surface area (Å²) in [5.41, 5.74) is 4.65. The van der Waals surface area contributed by atoms with Crippen LogP contribution < -0.4 is 5.32 Å². The van der Waals surface area contributed by atoms with Gasteiger partial charge in [-0.1, -0.05) is 17.2 Å². The first-order valence-corrected chi connectivity index (χ1v) is 10.0. The summed E-state index contributed by atoms with van der Waals surface area (Å²) in [6.45, 7) is 3.88. The Hall–Kier alpha value is -2.80. The van der Waals surface area contributed by atoms with Crippen molar-refractivity contribution >= 4 is 22.5 Å². The molecule has 0 spiro atoms. The van der Waals surface area contributed by atoms with Crippen LogP contribution in [0.4, 0.5) is 10.2 Å². The van der Waals surface area contributed by atoms with Crippen molar-refractivity contribution in [3.05, 3.63) is 76.2 Å². The van der Waals surface area contributed by atoms with E-state index in [1.807, 2.05) is 32.0 Å². The Morgan fingerprint density at radius 1 is 1.11 bits per heavy atom. The van der Waals surface area contributed by atoms with Crippen LogP contribution in [0.5, 0.6) is 0 Å². The molecule has 2 heterocycles. The van der Waals surface area contributed by atoms with Gasteiger partial charge in [-0.3, -0.25) is 9.00 Å². The van der Waals surface area contributed by atoms with E-state index in [4.69, 9.17) is 0 Å². The molecule has 0 fully saturated rings. The maximum absolute atomic E-state index is 13.3. The molecule has 0 radical (unpaired) electrons. The molecule has 1 N–H and O–H groups in total. The summed E-state index contributed by atoms with van der Waals surface area (Å²) in [5.74, 6) is 0.590. The van der Waals surface area contributed by atoms with Crippen LogP contribution in [-0.2, 0) is 22.3 Å². The number of nitrogens with zero attached hydrogens (tertiary/aromatic N) is 2. The number of nitrogens with one attached hydrogen (secondary N) is 1. The van der Waals surface area contributed by atoms with Crippen LogP contribution in [0, 0.1) is 19.7 Å². The number of halogens is 1. The van der Waals surface area contributed by atoms with Crippen LogP contribution in [0.3, 0.4) is 0 Å². The standard InChI is InChI=1S/C20H18FN3O2S/c1-12-7-13(2)9-14(8-12)20(25)22-19-17-10-27(26)11-18(17)23-24(19)16-5-3-15(21)4-6-16/h3-9H,10-11H2,1-2H3,(H,22,25)/t27-/m1/s1. The maximum Gasteiger partial charge on any atom is 0.256 e. The zero-order chi connectivity index (χ0) is 19.1. The first kappa shape index (κ1) is 17.6. The van der Waals surface area contributed by atoms with E-state index < -0.39 is 10.8 Å². The van der Waals surface area contributed by atoms with E-state index in [1.54, 1.807) is 16.8 Å². The number of anilines is 1. The lowest BCUT2D eigenvalue weighted by molar-refractivity contribution is 0.102. The largest absolute Gasteiger partial charge is 0.306 e. The molecule has 0 saturated carbocycles. The van der Waals surface area contributed by atoms with Gasteiger partial charge in [0.1, 0.15) is 11.6 Å². The minimum Gasteiger partial charge on any atom is -0.306 e. The van der Waals surface area contributed by atoms with E-state index in [9.17, 15) is 13.4 Å². The number of carbonyl (C=O) groups is 1. The van der Waals surface area contributed by atoms with Gasteiger partial charge in [0.2, 0.25) is 0 Å². The Bertz CT molecular complexity index is 1050. The Morgan fingerprint density at radius 2 is 1.78 bits per heavy atom. The summed E-state index contributed by atoms with van der Waals surface area (Å²) < 4.78 is 26.8. The molecule has 0 bridgehead atoms. The summed E-state index contributed by atoms with van der Waals surface area (Å²) in [6, 6.07) is 11.5. The molecule has 0 saturated heterocycles. The van der Waals surface area contributed by atoms with E-state index in [0.29, 0.717) is 34.3 Å². The fraction of sp³-hybridized carbons (Fsp3) is 0.200. The van der Waals surface area contributed by atoms with Crippen LogP contribution >= 0.6 is 0 Å². The molecule has 5 nitrogen and oxygen atoms in total. The monoisotopic (exact) mass is 383 g/mol. The lowest BCUT2D eigenvalue weighted by atomic mass is 10.1. The van der Waals surface area contributed by atoms with Gasteiger partial charge in [-0.15, -0.1) is 0 Å². The topological polar surface area (TPSA) is 64.0 Å². The molecular formula is C20H18FN3O2S. The van der Waals surface area contributed by atoms with Crippen molar-refractivity contribution in [3.63, 3.8) is 0 Å². The lowest BCUT2D eigenvalue weighted by Crippen LogP contribution is -2.17. The van der Waals surface area contributed by atoms with E-state index in [1.165, 1.54) is 12.1 Å². The number of amides is 1. The summed E-state index contributed by atoms with van der Waals surface area (Å²) in [4.78, 5) is 12.8. The predicted octanol–water partition coefficient (Wildman–Crippen LogP) is 3.64. The highest BCUT2D eigenvalue weighted by Gasteiger charge is 2.28. The van der Waals surface area contributed by atoms with E-state index in [2.05, 4.69) is 10.4 Å². The van der Waals surface area contributed by atoms with Gasteiger partial charge in [-0.05, 0) is 50.2 Å². The number of rotatable bonds is 3. The number of aromatic nitrogens is 2. The SMILES string of the molecule is Cc1cc(C)cc(C(=O)Nc2c3c(nn2-c2ccc(F)cc2)C[S@](=O)C3)c1. The maximum atomic E-state index is 13.3. The summed E-state index contributed by atoms with van der Waals surface area (Å²) in [5, 5.41) is 7.44. The first-order chi connectivity index (χ1) is 12.9. The van der Waals surface area contributed by atoms with Crippen molar-refractivity contribution in [2.75, 3.05) is 5.32 Å². The third kappa shape index (κ3) is 3.42. The fourth-order valence-corrected chi connectivity index (χ4v) is 4.58. The highest BCUT2D eigenvalue weighted by Crippen LogP contribution is 2.31. The van der Waals surface area contributed by atoms with Gasteiger partial charge < -0.3 is 5.32 Å². The van der Waals surface area contributed by atoms with Crippen molar-refractivity contribution in [2.24, 2.45) is 0 Å². The quantitative estimate of drug-likeness (QED) is 0.751. The fourth-order valence-electron chi connectivity index (χ4n) is 3.31. The van der Waals surface area contributed by atoms with Crippen LogP contribution in [0.1, 0.15) is 32.7 Å². The van der Waals surface area contributed by atoms with Crippen molar-refractivity contribution in [1.29, 1.82) is 0 Å². The zero-order valence-electron chi connectivity index (χ0n) is 15.0. The molecule has 2 aromatic carbocycles. The lowest BCUT2D eigenvalue weighted by Gasteiger charge is -2.12. The third-order valence-electron chi connectivity index (χ3n) is 4.46. The van der Waals surface area contributed by atoms with Gasteiger partial charge >= 0.3 is 0 Å². The second-order valence-electron chi connectivity index (χ2n) is 6.72. The summed E-state index contributed by atoms with van der Waals surface area (Å²) in [7, 11) is -1.02. The molecular weight excluding hydrogens is 365 g/mol. The van der Waals surface area contributed by atoms with Crippen molar-refractivity contribution in [3.8, 4) is 5.69 Å². The van der Waals surface area contributed by atoms with E-state index in [-0.39, 0.29) is 11.7 Å². The molecule has 3 aromatic rings. The zero-order valence-corrected chi connectivity index (χ0v) is 15.8. The molecule has 4 rings (SSSR count). The van der Waals surface area contributed by atoms with Gasteiger partial charge in [-0.25, -0.2) is 9.07 Å². The van der Waals surface area contributed by atoms with Gasteiger partial charge in [0, 0.05) is 21.9 Å². The van der Waals surface area contributed by atoms with Crippen LogP contribution in [0.15, 0.2) is 42.5 Å². The Balaban J connectivity index is 1.76. The second kappa shape index (κ2) is 6.74. The van der Waals surface area contributed by atoms with Gasteiger partial charge in [0.05, 0.1) is 22.9 Å². The summed E-state index contributed by atoms with van der Waals surface area (Å²) >= 11 is 0. The normalized spacial score (nSPS) is 15.6. The number of aryl methyl sites for hydroxylation is 2. The van der Waals surface area contributed by atoms with Gasteiger partial charge in [0.25, 0.3) is 5.91 Å². The smallest absolute Gasteiger partial charge is 0.256 e. The minimum absolute atomic E-state index is 0.259. The molecule has 1 aliphatic heterocycles. The molecule has 27 heavy (non-hydrogen) atoms. The second-order valence-corrected chi connectivity index (χ2v) is 8.18. The van der Waals surface area contributed by atoms with Crippen LogP contribution in [0.25, 0.3) is 5.69 Å². The number of benzene rings is 2. The predicted molar refractivity (Wildman–Crippen MR) is 103 cm³/mol. The van der Waals surface area contributed by atoms with E-state index >= 15 is 0 Å². The molecule has 1 amide bonds. The molecule has 0 aliphatic carbocycles. The average molecular weight is 383 g/mol. The minimum atomic E-state index is -1.02. The van der Waals surface area contributed by atoms with Crippen molar-refractivity contribution in [1.82, 2.24) is 9.78 Å². The highest BCUT2D eigenvalue weighted by atomic mass is 32.2. The molecule has 1 aliphatic rings. The number of carbonyl (C=O) groups excluding carboxylic acids is 1. The van der Waals surface area contributed by atoms with E-state index in [0.717, 1.165) is 16.7 Å². The van der Waals surface area contributed by atoms with Crippen molar-refractivity contribution in [2.45, 2.75) is 25.4 Å². The van der Waals surface area contributed by atoms with Gasteiger partial charge in [-0.2, -0.15) is 5.10 Å². The Kier molecular flexibility index (Phi) is 4.39. The Morgan fingerprint density at radius 3 is 2.44 bits per heavy atom. The van der Waals surface area contributed by atoms with Crippen LogP contribution in [-0.4, -0.2) is 19.9 Å². The molecule has 1 aromatic heterocycles. The Labute approximate surface area is 158 Å². The number of fused-ring (bicyclic) bond motifs is 1. The van der Waals surface area contributed by atoms with Crippen LogP contribution in [0.2, 0.25) is 0 Å². The third-order valence-corrected chi connectivity index (χ3v) is 5.66. The average Bonchev–Trinajstić information content (AvgIpc) is 3.12. The molecule has 138 valence electrons. The molecule has 1 atom stereocenters. The highest BCUT2D eigenvalue weighted by molar-refractivity contribution is 7.83. The number of hydrogen-bond donors (Lipinski definition) is 1. The number of hydrogen-bond acceptors (Lipinski definition) is 3. The molecule has 0 unspecified atom stereocenters. The van der Waals surface area contributed by atoms with Crippen molar-refractivity contribution < 1.29 is 13.4 Å².